The molecule has 0 atom stereocenters. The molecule has 0 unspecified atom stereocenters. The van der Waals surface area contributed by atoms with Gasteiger partial charge in [-0.05, 0) is 30.3 Å². The third kappa shape index (κ3) is 3.40. The molecule has 1 heterocycles. The summed E-state index contributed by atoms with van der Waals surface area (Å²) >= 11 is 10.8. The lowest BCUT2D eigenvalue weighted by Gasteiger charge is -2.08. The van der Waals surface area contributed by atoms with Crippen molar-refractivity contribution in [2.24, 2.45) is 10.9 Å². The molecule has 1 aromatic heterocycles. The number of rotatable bonds is 3. The maximum absolute atomic E-state index is 8.82. The third-order valence-corrected chi connectivity index (χ3v) is 4.26. The number of benzene rings is 1. The molecule has 4 nitrogen and oxygen atoms in total. The van der Waals surface area contributed by atoms with Gasteiger partial charge in [-0.2, -0.15) is 0 Å². The Balaban J connectivity index is 2.43. The van der Waals surface area contributed by atoms with Gasteiger partial charge in [-0.15, -0.1) is 0 Å². The minimum atomic E-state index is 0.0378. The molecule has 0 saturated heterocycles. The van der Waals surface area contributed by atoms with E-state index in [0.29, 0.717) is 15.6 Å². The molecule has 1 aromatic carbocycles. The zero-order valence-electron chi connectivity index (χ0n) is 9.55. The van der Waals surface area contributed by atoms with Crippen LogP contribution in [0.1, 0.15) is 5.56 Å². The van der Waals surface area contributed by atoms with E-state index < -0.39 is 0 Å². The molecule has 2 rings (SSSR count). The number of amidine groups is 1. The van der Waals surface area contributed by atoms with Gasteiger partial charge in [0.25, 0.3) is 0 Å². The molecule has 0 fully saturated rings. The minimum absolute atomic E-state index is 0.0378. The van der Waals surface area contributed by atoms with E-state index in [1.165, 1.54) is 11.8 Å². The molecule has 0 aliphatic carbocycles. The Labute approximate surface area is 127 Å². The van der Waals surface area contributed by atoms with Crippen molar-refractivity contribution in [3.8, 4) is 0 Å². The summed E-state index contributed by atoms with van der Waals surface area (Å²) in [4.78, 5) is 5.00. The SMILES string of the molecule is N/C(=N/O)c1cc(Br)ccc1Sc1ncccc1Cl. The largest absolute Gasteiger partial charge is 0.409 e. The second-order valence-corrected chi connectivity index (χ2v) is 5.87. The molecule has 0 bridgehead atoms. The lowest BCUT2D eigenvalue weighted by atomic mass is 10.2. The number of nitrogens with zero attached hydrogens (tertiary/aromatic N) is 2. The fourth-order valence-corrected chi connectivity index (χ4v) is 2.89. The maximum Gasteiger partial charge on any atom is 0.171 e. The molecule has 0 amide bonds. The zero-order valence-corrected chi connectivity index (χ0v) is 12.7. The van der Waals surface area contributed by atoms with Crippen molar-refractivity contribution in [2.45, 2.75) is 9.92 Å². The van der Waals surface area contributed by atoms with Crippen LogP contribution in [0.25, 0.3) is 0 Å². The van der Waals surface area contributed by atoms with Gasteiger partial charge in [0.05, 0.1) is 5.02 Å². The van der Waals surface area contributed by atoms with Crippen molar-refractivity contribution in [3.63, 3.8) is 0 Å². The van der Waals surface area contributed by atoms with Crippen molar-refractivity contribution in [2.75, 3.05) is 0 Å². The first kappa shape index (κ1) is 14.2. The van der Waals surface area contributed by atoms with Crippen LogP contribution in [-0.2, 0) is 0 Å². The van der Waals surface area contributed by atoms with Crippen molar-refractivity contribution in [1.29, 1.82) is 0 Å². The topological polar surface area (TPSA) is 71.5 Å². The van der Waals surface area contributed by atoms with E-state index in [2.05, 4.69) is 26.1 Å². The van der Waals surface area contributed by atoms with Crippen molar-refractivity contribution in [3.05, 3.63) is 51.6 Å². The number of aromatic nitrogens is 1. The molecule has 3 N–H and O–H groups in total. The van der Waals surface area contributed by atoms with E-state index in [0.717, 1.165) is 9.37 Å². The van der Waals surface area contributed by atoms with Gasteiger partial charge in [-0.1, -0.05) is 44.4 Å². The zero-order chi connectivity index (χ0) is 13.8. The lowest BCUT2D eigenvalue weighted by molar-refractivity contribution is 0.318. The van der Waals surface area contributed by atoms with Crippen LogP contribution in [0, 0.1) is 0 Å². The van der Waals surface area contributed by atoms with Gasteiger partial charge in [0, 0.05) is 21.1 Å². The smallest absolute Gasteiger partial charge is 0.171 e. The molecule has 0 aliphatic heterocycles. The third-order valence-electron chi connectivity index (χ3n) is 2.26. The summed E-state index contributed by atoms with van der Waals surface area (Å²) in [5, 5.41) is 13.1. The lowest BCUT2D eigenvalue weighted by Crippen LogP contribution is -2.14. The molecule has 0 radical (unpaired) electrons. The Hall–Kier alpha value is -1.24. The van der Waals surface area contributed by atoms with E-state index in [9.17, 15) is 0 Å². The average molecular weight is 359 g/mol. The summed E-state index contributed by atoms with van der Waals surface area (Å²) in [6, 6.07) is 9.02. The molecule has 98 valence electrons. The van der Waals surface area contributed by atoms with E-state index in [4.69, 9.17) is 22.5 Å². The van der Waals surface area contributed by atoms with Crippen LogP contribution in [0.3, 0.4) is 0 Å². The van der Waals surface area contributed by atoms with Crippen LogP contribution in [-0.4, -0.2) is 16.0 Å². The predicted octanol–water partition coefficient (Wildman–Crippen LogP) is 3.74. The van der Waals surface area contributed by atoms with Gasteiger partial charge in [-0.3, -0.25) is 0 Å². The number of hydrogen-bond acceptors (Lipinski definition) is 4. The molecule has 2 aromatic rings. The fourth-order valence-electron chi connectivity index (χ4n) is 1.40. The summed E-state index contributed by atoms with van der Waals surface area (Å²) in [7, 11) is 0. The van der Waals surface area contributed by atoms with Crippen LogP contribution in [0.15, 0.2) is 56.1 Å². The Bertz CT molecular complexity index is 636. The van der Waals surface area contributed by atoms with Gasteiger partial charge in [-0.25, -0.2) is 4.98 Å². The Morgan fingerprint density at radius 2 is 2.21 bits per heavy atom. The van der Waals surface area contributed by atoms with Gasteiger partial charge >= 0.3 is 0 Å². The van der Waals surface area contributed by atoms with Crippen molar-refractivity contribution < 1.29 is 5.21 Å². The van der Waals surface area contributed by atoms with E-state index >= 15 is 0 Å². The van der Waals surface area contributed by atoms with Gasteiger partial charge < -0.3 is 10.9 Å². The Morgan fingerprint density at radius 3 is 2.89 bits per heavy atom. The molecule has 0 saturated carbocycles. The molecule has 7 heteroatoms. The predicted molar refractivity (Wildman–Crippen MR) is 80.0 cm³/mol. The molecular weight excluding hydrogens is 350 g/mol. The standard InChI is InChI=1S/C12H9BrClN3OS/c13-7-3-4-10(8(6-7)11(15)17-18)19-12-9(14)2-1-5-16-12/h1-6,18H,(H2,15,17). The maximum atomic E-state index is 8.82. The van der Waals surface area contributed by atoms with Crippen molar-refractivity contribution >= 4 is 45.1 Å². The van der Waals surface area contributed by atoms with Crippen LogP contribution in [0.4, 0.5) is 0 Å². The number of hydrogen-bond donors (Lipinski definition) is 2. The number of nitrogens with two attached hydrogens (primary N) is 1. The van der Waals surface area contributed by atoms with Gasteiger partial charge in [0.1, 0.15) is 5.03 Å². The molecular formula is C12H9BrClN3OS. The Morgan fingerprint density at radius 1 is 1.42 bits per heavy atom. The van der Waals surface area contributed by atoms with E-state index in [1.54, 1.807) is 24.4 Å². The monoisotopic (exact) mass is 357 g/mol. The average Bonchev–Trinajstić information content (AvgIpc) is 2.42. The van der Waals surface area contributed by atoms with Crippen LogP contribution in [0.5, 0.6) is 0 Å². The van der Waals surface area contributed by atoms with E-state index in [-0.39, 0.29) is 5.84 Å². The quantitative estimate of drug-likeness (QED) is 0.379. The fraction of sp³-hybridized carbons (Fsp3) is 0. The normalized spacial score (nSPS) is 11.6. The number of halogens is 2. The highest BCUT2D eigenvalue weighted by atomic mass is 79.9. The molecule has 19 heavy (non-hydrogen) atoms. The Kier molecular flexibility index (Phi) is 4.68. The summed E-state index contributed by atoms with van der Waals surface area (Å²) in [6.45, 7) is 0. The van der Waals surface area contributed by atoms with E-state index in [1.807, 2.05) is 12.1 Å². The first-order valence-electron chi connectivity index (χ1n) is 5.17. The van der Waals surface area contributed by atoms with Gasteiger partial charge in [0.2, 0.25) is 0 Å². The number of oxime groups is 1. The summed E-state index contributed by atoms with van der Waals surface area (Å²) < 4.78 is 0.838. The summed E-state index contributed by atoms with van der Waals surface area (Å²) in [5.41, 5.74) is 6.28. The highest BCUT2D eigenvalue weighted by Gasteiger charge is 2.11. The molecule has 0 spiro atoms. The van der Waals surface area contributed by atoms with Crippen LogP contribution in [0.2, 0.25) is 5.02 Å². The summed E-state index contributed by atoms with van der Waals surface area (Å²) in [6.07, 6.45) is 1.66. The first-order chi connectivity index (χ1) is 9.11. The summed E-state index contributed by atoms with van der Waals surface area (Å²) in [5.74, 6) is 0.0378. The van der Waals surface area contributed by atoms with Gasteiger partial charge in [0.15, 0.2) is 5.84 Å². The second-order valence-electron chi connectivity index (χ2n) is 3.52. The first-order valence-corrected chi connectivity index (χ1v) is 7.16. The van der Waals surface area contributed by atoms with Crippen LogP contribution < -0.4 is 5.73 Å². The highest BCUT2D eigenvalue weighted by Crippen LogP contribution is 2.34. The molecule has 0 aliphatic rings. The second kappa shape index (κ2) is 6.27. The van der Waals surface area contributed by atoms with Crippen LogP contribution >= 0.6 is 39.3 Å². The highest BCUT2D eigenvalue weighted by molar-refractivity contribution is 9.10. The minimum Gasteiger partial charge on any atom is -0.409 e. The van der Waals surface area contributed by atoms with Crippen molar-refractivity contribution in [1.82, 2.24) is 4.98 Å². The number of pyridine rings is 1.